The Hall–Kier alpha value is -4.30. The first-order valence-corrected chi connectivity index (χ1v) is 13.3. The lowest BCUT2D eigenvalue weighted by Gasteiger charge is -2.26. The van der Waals surface area contributed by atoms with Crippen molar-refractivity contribution in [1.82, 2.24) is 4.57 Å². The zero-order valence-corrected chi connectivity index (χ0v) is 25.0. The quantitative estimate of drug-likeness (QED) is 0.222. The molecule has 0 aliphatic carbocycles. The number of aliphatic hydroxyl groups is 2. The Bertz CT molecular complexity index is 1330. The van der Waals surface area contributed by atoms with E-state index < -0.39 is 36.2 Å². The standard InChI is InChI=1S/C20H24F2N2O4.C7H6FNO.C2H6.CH2F2O/c1-13(26)11-24-7-4-5-18(20(24)27)23(2)12-14(6-8-25)19-16(21)9-15(28-3)10-17(19)22;8-6-3-1-5(2-4-6)7(9)10;1-2;2-1(3)4/h4-5,7-10,13-14,26H,6,11-12H2,1-3H3;1-4H,(H2,9,10);1-2H3;1,4H. The van der Waals surface area contributed by atoms with Crippen LogP contribution in [0.15, 0.2) is 59.5 Å². The molecule has 44 heavy (non-hydrogen) atoms. The summed E-state index contributed by atoms with van der Waals surface area (Å²) in [5, 5.41) is 16.2. The molecule has 3 rings (SSSR count). The van der Waals surface area contributed by atoms with Crippen LogP contribution in [0.2, 0.25) is 0 Å². The van der Waals surface area contributed by atoms with E-state index in [-0.39, 0.29) is 42.2 Å². The lowest BCUT2D eigenvalue weighted by atomic mass is 9.94. The molecule has 1 amide bonds. The van der Waals surface area contributed by atoms with Crippen molar-refractivity contribution in [2.45, 2.75) is 52.4 Å². The van der Waals surface area contributed by atoms with E-state index in [4.69, 9.17) is 15.6 Å². The minimum Gasteiger partial charge on any atom is -0.497 e. The van der Waals surface area contributed by atoms with Gasteiger partial charge in [0, 0.05) is 55.4 Å². The Balaban J connectivity index is 0.000000948. The molecule has 9 nitrogen and oxygen atoms in total. The number of primary amides is 1. The van der Waals surface area contributed by atoms with Crippen LogP contribution in [0.4, 0.5) is 27.6 Å². The van der Waals surface area contributed by atoms with Gasteiger partial charge in [0.25, 0.3) is 5.56 Å². The number of halogens is 5. The Morgan fingerprint density at radius 3 is 2.02 bits per heavy atom. The fourth-order valence-electron chi connectivity index (χ4n) is 3.75. The monoisotopic (exact) mass is 631 g/mol. The highest BCUT2D eigenvalue weighted by Crippen LogP contribution is 2.30. The molecule has 14 heteroatoms. The first-order valence-electron chi connectivity index (χ1n) is 13.3. The molecule has 0 aliphatic heterocycles. The van der Waals surface area contributed by atoms with Gasteiger partial charge in [0.05, 0.1) is 19.8 Å². The maximum absolute atomic E-state index is 14.5. The number of hydrogen-bond acceptors (Lipinski definition) is 7. The minimum atomic E-state index is -3.17. The second kappa shape index (κ2) is 20.6. The first-order chi connectivity index (χ1) is 20.7. The van der Waals surface area contributed by atoms with Crippen LogP contribution in [-0.2, 0) is 11.3 Å². The molecule has 2 aromatic carbocycles. The van der Waals surface area contributed by atoms with Gasteiger partial charge in [-0.2, -0.15) is 8.78 Å². The van der Waals surface area contributed by atoms with E-state index in [1.165, 1.54) is 35.9 Å². The summed E-state index contributed by atoms with van der Waals surface area (Å²) in [6.45, 7) is 2.57. The summed E-state index contributed by atoms with van der Waals surface area (Å²) in [5.74, 6) is -3.28. The van der Waals surface area contributed by atoms with E-state index in [0.717, 1.165) is 12.1 Å². The molecule has 3 aromatic rings. The largest absolute Gasteiger partial charge is 0.497 e. The second-order valence-electron chi connectivity index (χ2n) is 8.83. The number of anilines is 1. The number of aliphatic hydroxyl groups excluding tert-OH is 2. The van der Waals surface area contributed by atoms with Gasteiger partial charge in [-0.05, 0) is 43.3 Å². The number of carbonyl (C=O) groups is 2. The maximum atomic E-state index is 14.5. The SMILES string of the molecule is CC.COc1cc(F)c(C(CC=O)CN(C)c2cccn(CC(C)O)c2=O)c(F)c1.NC(=O)c1ccc(F)cc1.OC(F)F. The van der Waals surface area contributed by atoms with Gasteiger partial charge >= 0.3 is 6.61 Å². The van der Waals surface area contributed by atoms with Crippen molar-refractivity contribution in [3.63, 3.8) is 0 Å². The molecule has 0 saturated carbocycles. The maximum Gasteiger partial charge on any atom is 0.342 e. The molecule has 2 unspecified atom stereocenters. The third-order valence-corrected chi connectivity index (χ3v) is 5.57. The van der Waals surface area contributed by atoms with E-state index in [2.05, 4.69) is 0 Å². The lowest BCUT2D eigenvalue weighted by molar-refractivity contribution is -0.108. The molecule has 0 spiro atoms. The summed E-state index contributed by atoms with van der Waals surface area (Å²) in [4.78, 5) is 35.7. The summed E-state index contributed by atoms with van der Waals surface area (Å²) in [6.07, 6.45) is 1.33. The Morgan fingerprint density at radius 2 is 1.59 bits per heavy atom. The Kier molecular flexibility index (Phi) is 18.6. The summed E-state index contributed by atoms with van der Waals surface area (Å²) in [5.41, 5.74) is 4.96. The van der Waals surface area contributed by atoms with Crippen molar-refractivity contribution in [2.75, 3.05) is 25.6 Å². The number of methoxy groups -OCH3 is 1. The number of hydrogen-bond donors (Lipinski definition) is 3. The van der Waals surface area contributed by atoms with Crippen LogP contribution < -0.4 is 20.9 Å². The van der Waals surface area contributed by atoms with Gasteiger partial charge in [-0.1, -0.05) is 13.8 Å². The van der Waals surface area contributed by atoms with E-state index in [1.807, 2.05) is 13.8 Å². The number of likely N-dealkylation sites (N-methyl/N-ethyl adjacent to an activating group) is 1. The fraction of sp³-hybridized carbons (Fsp3) is 0.367. The van der Waals surface area contributed by atoms with E-state index >= 15 is 0 Å². The summed E-state index contributed by atoms with van der Waals surface area (Å²) >= 11 is 0. The number of aldehydes is 1. The highest BCUT2D eigenvalue weighted by molar-refractivity contribution is 5.92. The van der Waals surface area contributed by atoms with Crippen molar-refractivity contribution in [3.05, 3.63) is 93.7 Å². The number of rotatable bonds is 10. The number of alkyl halides is 2. The Morgan fingerprint density at radius 1 is 1.07 bits per heavy atom. The third-order valence-electron chi connectivity index (χ3n) is 5.57. The molecule has 0 radical (unpaired) electrons. The number of nitrogens with two attached hydrogens (primary N) is 1. The number of benzene rings is 2. The fourth-order valence-corrected chi connectivity index (χ4v) is 3.75. The van der Waals surface area contributed by atoms with E-state index in [1.54, 1.807) is 37.2 Å². The number of ether oxygens (including phenoxy) is 1. The molecule has 4 N–H and O–H groups in total. The van der Waals surface area contributed by atoms with Gasteiger partial charge in [-0.15, -0.1) is 0 Å². The molecule has 244 valence electrons. The van der Waals surface area contributed by atoms with Crippen molar-refractivity contribution in [2.24, 2.45) is 5.73 Å². The Labute approximate surface area is 252 Å². The van der Waals surface area contributed by atoms with Crippen LogP contribution in [0.1, 0.15) is 49.0 Å². The number of amides is 1. The molecule has 2 atom stereocenters. The second-order valence-corrected chi connectivity index (χ2v) is 8.83. The third kappa shape index (κ3) is 13.8. The molecule has 0 saturated heterocycles. The highest BCUT2D eigenvalue weighted by Gasteiger charge is 2.24. The average molecular weight is 632 g/mol. The number of carbonyl (C=O) groups excluding carboxylic acids is 2. The molecular weight excluding hydrogens is 593 g/mol. The first kappa shape index (κ1) is 39.7. The number of pyridine rings is 1. The zero-order chi connectivity index (χ0) is 34.0. The van der Waals surface area contributed by atoms with Crippen molar-refractivity contribution in [1.29, 1.82) is 0 Å². The molecule has 1 heterocycles. The molecular formula is C30H38F5N3O6. The van der Waals surface area contributed by atoms with Crippen LogP contribution in [0.5, 0.6) is 5.75 Å². The lowest BCUT2D eigenvalue weighted by Crippen LogP contribution is -2.34. The molecule has 0 bridgehead atoms. The summed E-state index contributed by atoms with van der Waals surface area (Å²) in [7, 11) is 2.92. The van der Waals surface area contributed by atoms with Crippen molar-refractivity contribution < 1.29 is 46.5 Å². The number of aromatic nitrogens is 1. The van der Waals surface area contributed by atoms with E-state index in [0.29, 0.717) is 17.5 Å². The van der Waals surface area contributed by atoms with Gasteiger partial charge in [0.2, 0.25) is 5.91 Å². The summed E-state index contributed by atoms with van der Waals surface area (Å²) < 4.78 is 67.1. The van der Waals surface area contributed by atoms with Crippen LogP contribution in [-0.4, -0.2) is 60.4 Å². The predicted octanol–water partition coefficient (Wildman–Crippen LogP) is 4.48. The highest BCUT2D eigenvalue weighted by atomic mass is 19.3. The van der Waals surface area contributed by atoms with Gasteiger partial charge < -0.3 is 34.9 Å². The van der Waals surface area contributed by atoms with Crippen LogP contribution >= 0.6 is 0 Å². The van der Waals surface area contributed by atoms with Gasteiger partial charge in [0.15, 0.2) is 0 Å². The normalized spacial score (nSPS) is 11.4. The topological polar surface area (TPSA) is 135 Å². The van der Waals surface area contributed by atoms with Gasteiger partial charge in [-0.25, -0.2) is 13.2 Å². The van der Waals surface area contributed by atoms with Crippen molar-refractivity contribution in [3.8, 4) is 5.75 Å². The van der Waals surface area contributed by atoms with Crippen LogP contribution in [0, 0.1) is 17.5 Å². The summed E-state index contributed by atoms with van der Waals surface area (Å²) in [6, 6.07) is 10.4. The van der Waals surface area contributed by atoms with E-state index in [9.17, 15) is 41.4 Å². The smallest absolute Gasteiger partial charge is 0.342 e. The average Bonchev–Trinajstić information content (AvgIpc) is 2.95. The van der Waals surface area contributed by atoms with Gasteiger partial charge in [0.1, 0.15) is 35.2 Å². The van der Waals surface area contributed by atoms with Crippen molar-refractivity contribution >= 4 is 17.9 Å². The molecule has 1 aromatic heterocycles. The van der Waals surface area contributed by atoms with Crippen LogP contribution in [0.25, 0.3) is 0 Å². The minimum absolute atomic E-state index is 0.0426. The van der Waals surface area contributed by atoms with Crippen LogP contribution in [0.3, 0.4) is 0 Å². The zero-order valence-electron chi connectivity index (χ0n) is 25.0. The molecule has 0 fully saturated rings. The predicted molar refractivity (Wildman–Crippen MR) is 156 cm³/mol. The number of nitrogens with zero attached hydrogens (tertiary/aromatic N) is 2. The van der Waals surface area contributed by atoms with Gasteiger partial charge in [-0.3, -0.25) is 9.59 Å². The molecule has 0 aliphatic rings.